The van der Waals surface area contributed by atoms with Gasteiger partial charge in [0, 0.05) is 22.5 Å². The molecule has 0 atom stereocenters. The highest BCUT2D eigenvalue weighted by Gasteiger charge is 2.48. The highest BCUT2D eigenvalue weighted by molar-refractivity contribution is 5.97. The van der Waals surface area contributed by atoms with Crippen LogP contribution < -0.4 is 4.90 Å². The van der Waals surface area contributed by atoms with Gasteiger partial charge in [-0.3, -0.25) is 0 Å². The normalized spacial score (nSPS) is 14.6. The third kappa shape index (κ3) is 5.89. The van der Waals surface area contributed by atoms with Crippen molar-refractivity contribution >= 4 is 17.1 Å². The zero-order valence-electron chi connectivity index (χ0n) is 40.4. The quantitative estimate of drug-likeness (QED) is 0.147. The first-order valence-corrected chi connectivity index (χ1v) is 25.3. The van der Waals surface area contributed by atoms with E-state index in [0.717, 1.165) is 17.1 Å². The Bertz CT molecular complexity index is 3800. The summed E-state index contributed by atoms with van der Waals surface area (Å²) < 4.78 is 0. The number of benzene rings is 11. The van der Waals surface area contributed by atoms with Crippen molar-refractivity contribution in [2.24, 2.45) is 0 Å². The topological polar surface area (TPSA) is 3.24 Å². The van der Waals surface area contributed by atoms with Gasteiger partial charge in [0.25, 0.3) is 0 Å². The molecule has 1 nitrogen and oxygen atoms in total. The average Bonchev–Trinajstić information content (AvgIpc) is 4.01. The SMILES string of the molecule is CC1(C)c2ccccc2-c2ccc(N(c3ccc(C4(c5ccccc5)c5ccccc5-c5ccccc54)cc3)c3cccc(-c4cccc5c4-c4ccccc4C5(c4ccccc4)c4ccccc4)c3)cc21. The third-order valence-corrected chi connectivity index (χ3v) is 16.4. The molecular formula is C71H51N. The van der Waals surface area contributed by atoms with Gasteiger partial charge in [0.1, 0.15) is 0 Å². The Kier molecular flexibility index (Phi) is 9.44. The van der Waals surface area contributed by atoms with Crippen LogP contribution in [0.5, 0.6) is 0 Å². The summed E-state index contributed by atoms with van der Waals surface area (Å²) in [5.74, 6) is 0. The van der Waals surface area contributed by atoms with Gasteiger partial charge >= 0.3 is 0 Å². The maximum Gasteiger partial charge on any atom is 0.0713 e. The van der Waals surface area contributed by atoms with Crippen LogP contribution in [0.25, 0.3) is 44.5 Å². The summed E-state index contributed by atoms with van der Waals surface area (Å²) in [7, 11) is 0. The van der Waals surface area contributed by atoms with Crippen LogP contribution in [-0.4, -0.2) is 0 Å². The largest absolute Gasteiger partial charge is 0.310 e. The molecular weight excluding hydrogens is 867 g/mol. The molecule has 0 radical (unpaired) electrons. The van der Waals surface area contributed by atoms with Crippen LogP contribution in [0.4, 0.5) is 17.1 Å². The first-order valence-electron chi connectivity index (χ1n) is 25.3. The molecule has 0 spiro atoms. The van der Waals surface area contributed by atoms with Gasteiger partial charge < -0.3 is 4.90 Å². The first kappa shape index (κ1) is 42.1. The minimum Gasteiger partial charge on any atom is -0.310 e. The fourth-order valence-electron chi connectivity index (χ4n) is 13.4. The molecule has 11 aromatic rings. The molecule has 0 bridgehead atoms. The summed E-state index contributed by atoms with van der Waals surface area (Å²) >= 11 is 0. The summed E-state index contributed by atoms with van der Waals surface area (Å²) in [6.07, 6.45) is 0. The Morgan fingerprint density at radius 3 is 1.22 bits per heavy atom. The monoisotopic (exact) mass is 917 g/mol. The summed E-state index contributed by atoms with van der Waals surface area (Å²) in [5.41, 5.74) is 25.4. The maximum atomic E-state index is 2.48. The smallest absolute Gasteiger partial charge is 0.0713 e. The molecule has 0 saturated heterocycles. The number of fused-ring (bicyclic) bond motifs is 9. The molecule has 11 aromatic carbocycles. The Morgan fingerprint density at radius 1 is 0.250 bits per heavy atom. The van der Waals surface area contributed by atoms with Crippen LogP contribution in [0.15, 0.2) is 273 Å². The zero-order chi connectivity index (χ0) is 48.0. The number of nitrogens with zero attached hydrogens (tertiary/aromatic N) is 1. The fourth-order valence-corrected chi connectivity index (χ4v) is 13.4. The lowest BCUT2D eigenvalue weighted by atomic mass is 9.67. The van der Waals surface area contributed by atoms with Crippen LogP contribution in [0, 0.1) is 0 Å². The highest BCUT2D eigenvalue weighted by atomic mass is 15.1. The van der Waals surface area contributed by atoms with Gasteiger partial charge in [-0.25, -0.2) is 0 Å². The molecule has 1 heteroatoms. The summed E-state index contributed by atoms with van der Waals surface area (Å²) in [6.45, 7) is 4.75. The number of hydrogen-bond donors (Lipinski definition) is 0. The molecule has 0 aromatic heterocycles. The molecule has 0 amide bonds. The Morgan fingerprint density at radius 2 is 0.639 bits per heavy atom. The fraction of sp³-hybridized carbons (Fsp3) is 0.0704. The van der Waals surface area contributed by atoms with Crippen LogP contribution in [0.2, 0.25) is 0 Å². The van der Waals surface area contributed by atoms with Crippen molar-refractivity contribution in [1.82, 2.24) is 0 Å². The minimum atomic E-state index is -0.486. The van der Waals surface area contributed by atoms with Crippen LogP contribution in [-0.2, 0) is 16.2 Å². The van der Waals surface area contributed by atoms with Crippen molar-refractivity contribution in [3.05, 3.63) is 329 Å². The molecule has 0 N–H and O–H groups in total. The second kappa shape index (κ2) is 16.1. The Labute approximate surface area is 423 Å². The van der Waals surface area contributed by atoms with E-state index in [9.17, 15) is 0 Å². The molecule has 0 unspecified atom stereocenters. The molecule has 0 fully saturated rings. The van der Waals surface area contributed by atoms with Gasteiger partial charge in [-0.05, 0) is 137 Å². The molecule has 14 rings (SSSR count). The number of hydrogen-bond acceptors (Lipinski definition) is 1. The van der Waals surface area contributed by atoms with Gasteiger partial charge in [0.2, 0.25) is 0 Å². The second-order valence-electron chi connectivity index (χ2n) is 20.3. The van der Waals surface area contributed by atoms with Crippen LogP contribution in [0.3, 0.4) is 0 Å². The van der Waals surface area contributed by atoms with E-state index in [0.29, 0.717) is 0 Å². The number of rotatable bonds is 8. The average molecular weight is 918 g/mol. The van der Waals surface area contributed by atoms with E-state index in [-0.39, 0.29) is 5.41 Å². The van der Waals surface area contributed by atoms with Crippen molar-refractivity contribution in [2.75, 3.05) is 4.90 Å². The van der Waals surface area contributed by atoms with E-state index >= 15 is 0 Å². The molecule has 0 aliphatic heterocycles. The van der Waals surface area contributed by atoms with Crippen molar-refractivity contribution < 1.29 is 0 Å². The lowest BCUT2D eigenvalue weighted by molar-refractivity contribution is 0.660. The summed E-state index contributed by atoms with van der Waals surface area (Å²) in [5, 5.41) is 0. The highest BCUT2D eigenvalue weighted by Crippen LogP contribution is 2.60. The first-order chi connectivity index (χ1) is 35.5. The van der Waals surface area contributed by atoms with Gasteiger partial charge in [-0.1, -0.05) is 250 Å². The van der Waals surface area contributed by atoms with Gasteiger partial charge in [0.15, 0.2) is 0 Å². The van der Waals surface area contributed by atoms with Crippen molar-refractivity contribution in [3.8, 4) is 44.5 Å². The second-order valence-corrected chi connectivity index (χ2v) is 20.3. The molecule has 0 saturated carbocycles. The van der Waals surface area contributed by atoms with Gasteiger partial charge in [0.05, 0.1) is 10.8 Å². The summed E-state index contributed by atoms with van der Waals surface area (Å²) in [6, 6.07) is 102. The van der Waals surface area contributed by atoms with Gasteiger partial charge in [-0.15, -0.1) is 0 Å². The van der Waals surface area contributed by atoms with Crippen LogP contribution >= 0.6 is 0 Å². The number of anilines is 3. The van der Waals surface area contributed by atoms with E-state index in [1.165, 1.54) is 100 Å². The standard InChI is InChI=1S/C71H51N/c1-69(2)62-35-16-12-30-57(62)60-45-44-55(47-67(60)69)72(53-42-40-52(41-43-53)70(49-23-6-3-7-24-49)63-36-17-13-31-58(63)59-32-14-18-37-64(59)70)54-29-20-22-48(46-54)56-34-21-39-66-68(56)61-33-15-19-38-65(61)71(66,50-25-8-4-9-26-50)51-27-10-5-11-28-51/h3-47H,1-2H3. The van der Waals surface area contributed by atoms with Crippen molar-refractivity contribution in [3.63, 3.8) is 0 Å². The van der Waals surface area contributed by atoms with E-state index in [2.05, 4.69) is 292 Å². The van der Waals surface area contributed by atoms with E-state index in [4.69, 9.17) is 0 Å². The van der Waals surface area contributed by atoms with Crippen LogP contribution in [0.1, 0.15) is 69.5 Å². The molecule has 72 heavy (non-hydrogen) atoms. The maximum absolute atomic E-state index is 2.48. The van der Waals surface area contributed by atoms with E-state index in [1.807, 2.05) is 0 Å². The molecule has 340 valence electrons. The molecule has 3 aliphatic rings. The minimum absolute atomic E-state index is 0.160. The zero-order valence-corrected chi connectivity index (χ0v) is 40.4. The van der Waals surface area contributed by atoms with Gasteiger partial charge in [-0.2, -0.15) is 0 Å². The van der Waals surface area contributed by atoms with E-state index < -0.39 is 10.8 Å². The summed E-state index contributed by atoms with van der Waals surface area (Å²) in [4.78, 5) is 2.48. The predicted molar refractivity (Wildman–Crippen MR) is 299 cm³/mol. The third-order valence-electron chi connectivity index (χ3n) is 16.4. The van der Waals surface area contributed by atoms with Crippen molar-refractivity contribution in [2.45, 2.75) is 30.1 Å². The van der Waals surface area contributed by atoms with Crippen molar-refractivity contribution in [1.29, 1.82) is 0 Å². The van der Waals surface area contributed by atoms with E-state index in [1.54, 1.807) is 0 Å². The lowest BCUT2D eigenvalue weighted by Gasteiger charge is -2.34. The molecule has 3 aliphatic carbocycles. The lowest BCUT2D eigenvalue weighted by Crippen LogP contribution is -2.28. The Hall–Kier alpha value is -8.78. The predicted octanol–water partition coefficient (Wildman–Crippen LogP) is 17.9. The molecule has 0 heterocycles. The Balaban J connectivity index is 0.968.